The van der Waals surface area contributed by atoms with E-state index in [0.29, 0.717) is 11.5 Å². The Bertz CT molecular complexity index is 677. The van der Waals surface area contributed by atoms with Crippen molar-refractivity contribution >= 4 is 12.0 Å². The Kier molecular flexibility index (Phi) is 5.80. The van der Waals surface area contributed by atoms with Crippen LogP contribution in [-0.2, 0) is 9.53 Å². The predicted octanol–water partition coefficient (Wildman–Crippen LogP) is 4.02. The Balaban J connectivity index is 2.01. The van der Waals surface area contributed by atoms with Crippen LogP contribution < -0.4 is 9.47 Å². The summed E-state index contributed by atoms with van der Waals surface area (Å²) >= 11 is 0. The van der Waals surface area contributed by atoms with Crippen LogP contribution in [0.5, 0.6) is 11.5 Å². The highest BCUT2D eigenvalue weighted by molar-refractivity contribution is 5.87. The van der Waals surface area contributed by atoms with Crippen molar-refractivity contribution in [2.45, 2.75) is 13.0 Å². The van der Waals surface area contributed by atoms with E-state index in [1.807, 2.05) is 43.3 Å². The zero-order valence-corrected chi connectivity index (χ0v) is 13.5. The van der Waals surface area contributed by atoms with E-state index in [0.717, 1.165) is 11.1 Å². The molecule has 4 heteroatoms. The quantitative estimate of drug-likeness (QED) is 0.597. The topological polar surface area (TPSA) is 44.8 Å². The molecule has 2 aromatic rings. The van der Waals surface area contributed by atoms with E-state index in [1.165, 1.54) is 6.08 Å². The Morgan fingerprint density at radius 2 is 1.70 bits per heavy atom. The molecular formula is C19H20O4. The van der Waals surface area contributed by atoms with E-state index in [4.69, 9.17) is 14.2 Å². The first-order valence-corrected chi connectivity index (χ1v) is 7.29. The Morgan fingerprint density at radius 3 is 2.35 bits per heavy atom. The van der Waals surface area contributed by atoms with Crippen molar-refractivity contribution in [1.29, 1.82) is 0 Å². The first kappa shape index (κ1) is 16.6. The molecule has 0 aromatic heterocycles. The summed E-state index contributed by atoms with van der Waals surface area (Å²) in [4.78, 5) is 11.9. The summed E-state index contributed by atoms with van der Waals surface area (Å²) in [6.07, 6.45) is 2.79. The molecule has 0 unspecified atom stereocenters. The highest BCUT2D eigenvalue weighted by Gasteiger charge is 2.09. The fraction of sp³-hybridized carbons (Fsp3) is 0.211. The molecule has 1 atom stereocenters. The number of hydrogen-bond acceptors (Lipinski definition) is 4. The molecule has 0 aliphatic carbocycles. The predicted molar refractivity (Wildman–Crippen MR) is 89.5 cm³/mol. The van der Waals surface area contributed by atoms with Crippen LogP contribution in [0.15, 0.2) is 54.6 Å². The minimum absolute atomic E-state index is 0.293. The first-order chi connectivity index (χ1) is 11.1. The SMILES string of the molecule is COc1ccc(/C=C/C(=O)O[C@@H](C)c2ccccc2)cc1OC. The first-order valence-electron chi connectivity index (χ1n) is 7.29. The molecule has 0 spiro atoms. The number of ether oxygens (including phenoxy) is 3. The van der Waals surface area contributed by atoms with Gasteiger partial charge in [0.2, 0.25) is 0 Å². The third-order valence-corrected chi connectivity index (χ3v) is 3.38. The summed E-state index contributed by atoms with van der Waals surface area (Å²) in [5, 5.41) is 0. The summed E-state index contributed by atoms with van der Waals surface area (Å²) < 4.78 is 15.8. The van der Waals surface area contributed by atoms with Gasteiger partial charge in [0.25, 0.3) is 0 Å². The van der Waals surface area contributed by atoms with Gasteiger partial charge in [-0.05, 0) is 36.3 Å². The molecule has 23 heavy (non-hydrogen) atoms. The maximum absolute atomic E-state index is 11.9. The minimum atomic E-state index is -0.392. The van der Waals surface area contributed by atoms with Gasteiger partial charge in [-0.3, -0.25) is 0 Å². The highest BCUT2D eigenvalue weighted by atomic mass is 16.5. The molecule has 4 nitrogen and oxygen atoms in total. The number of carbonyl (C=O) groups is 1. The third kappa shape index (κ3) is 4.61. The van der Waals surface area contributed by atoms with E-state index in [2.05, 4.69) is 0 Å². The van der Waals surface area contributed by atoms with E-state index >= 15 is 0 Å². The van der Waals surface area contributed by atoms with E-state index in [9.17, 15) is 4.79 Å². The van der Waals surface area contributed by atoms with Crippen LogP contribution in [-0.4, -0.2) is 20.2 Å². The lowest BCUT2D eigenvalue weighted by atomic mass is 10.1. The molecule has 0 radical (unpaired) electrons. The number of methoxy groups -OCH3 is 2. The van der Waals surface area contributed by atoms with Crippen LogP contribution in [0.25, 0.3) is 6.08 Å². The number of rotatable bonds is 6. The van der Waals surface area contributed by atoms with Crippen LogP contribution >= 0.6 is 0 Å². The maximum Gasteiger partial charge on any atom is 0.331 e. The minimum Gasteiger partial charge on any atom is -0.493 e. The lowest BCUT2D eigenvalue weighted by Gasteiger charge is -2.11. The second-order valence-electron chi connectivity index (χ2n) is 4.94. The molecule has 0 aliphatic heterocycles. The molecule has 0 N–H and O–H groups in total. The Labute approximate surface area is 136 Å². The molecule has 0 saturated carbocycles. The normalized spacial score (nSPS) is 12.0. The zero-order chi connectivity index (χ0) is 16.7. The number of hydrogen-bond donors (Lipinski definition) is 0. The number of benzene rings is 2. The summed E-state index contributed by atoms with van der Waals surface area (Å²) in [6.45, 7) is 1.84. The fourth-order valence-corrected chi connectivity index (χ4v) is 2.13. The molecule has 2 aromatic carbocycles. The third-order valence-electron chi connectivity index (χ3n) is 3.38. The monoisotopic (exact) mass is 312 g/mol. The highest BCUT2D eigenvalue weighted by Crippen LogP contribution is 2.28. The molecule has 0 heterocycles. The molecule has 0 saturated heterocycles. The average Bonchev–Trinajstić information content (AvgIpc) is 2.60. The molecular weight excluding hydrogens is 292 g/mol. The van der Waals surface area contributed by atoms with Gasteiger partial charge in [0.1, 0.15) is 6.10 Å². The fourth-order valence-electron chi connectivity index (χ4n) is 2.13. The van der Waals surface area contributed by atoms with Crippen molar-refractivity contribution in [2.75, 3.05) is 14.2 Å². The Hall–Kier alpha value is -2.75. The van der Waals surface area contributed by atoms with Crippen molar-refractivity contribution in [2.24, 2.45) is 0 Å². The van der Waals surface area contributed by atoms with E-state index in [1.54, 1.807) is 32.4 Å². The van der Waals surface area contributed by atoms with Crippen LogP contribution in [0, 0.1) is 0 Å². The second kappa shape index (κ2) is 8.03. The van der Waals surface area contributed by atoms with Crippen LogP contribution in [0.4, 0.5) is 0 Å². The van der Waals surface area contributed by atoms with Gasteiger partial charge in [-0.2, -0.15) is 0 Å². The van der Waals surface area contributed by atoms with Crippen molar-refractivity contribution in [3.63, 3.8) is 0 Å². The van der Waals surface area contributed by atoms with Crippen molar-refractivity contribution < 1.29 is 19.0 Å². The number of esters is 1. The summed E-state index contributed by atoms with van der Waals surface area (Å²) in [5.74, 6) is 0.863. The van der Waals surface area contributed by atoms with Gasteiger partial charge < -0.3 is 14.2 Å². The standard InChI is InChI=1S/C19H20O4/c1-14(16-7-5-4-6-8-16)23-19(20)12-10-15-9-11-17(21-2)18(13-15)22-3/h4-14H,1-3H3/b12-10+/t14-/m0/s1. The van der Waals surface area contributed by atoms with Gasteiger partial charge in [0.05, 0.1) is 14.2 Å². The van der Waals surface area contributed by atoms with Gasteiger partial charge in [-0.25, -0.2) is 4.79 Å². The van der Waals surface area contributed by atoms with Crippen LogP contribution in [0.1, 0.15) is 24.2 Å². The van der Waals surface area contributed by atoms with Crippen molar-refractivity contribution in [3.8, 4) is 11.5 Å². The van der Waals surface area contributed by atoms with Gasteiger partial charge >= 0.3 is 5.97 Å². The number of carbonyl (C=O) groups excluding carboxylic acids is 1. The largest absolute Gasteiger partial charge is 0.493 e. The lowest BCUT2D eigenvalue weighted by Crippen LogP contribution is -2.05. The summed E-state index contributed by atoms with van der Waals surface area (Å²) in [7, 11) is 3.15. The summed E-state index contributed by atoms with van der Waals surface area (Å²) in [6, 6.07) is 15.0. The van der Waals surface area contributed by atoms with Crippen LogP contribution in [0.2, 0.25) is 0 Å². The lowest BCUT2D eigenvalue weighted by molar-refractivity contribution is -0.142. The van der Waals surface area contributed by atoms with Crippen molar-refractivity contribution in [3.05, 3.63) is 65.7 Å². The maximum atomic E-state index is 11.9. The molecule has 0 fully saturated rings. The van der Waals surface area contributed by atoms with E-state index < -0.39 is 5.97 Å². The van der Waals surface area contributed by atoms with Gasteiger partial charge in [0.15, 0.2) is 11.5 Å². The van der Waals surface area contributed by atoms with Crippen LogP contribution in [0.3, 0.4) is 0 Å². The summed E-state index contributed by atoms with van der Waals surface area (Å²) in [5.41, 5.74) is 1.78. The molecule has 0 aliphatic rings. The zero-order valence-electron chi connectivity index (χ0n) is 13.5. The second-order valence-corrected chi connectivity index (χ2v) is 4.94. The Morgan fingerprint density at radius 1 is 1.00 bits per heavy atom. The molecule has 0 bridgehead atoms. The van der Waals surface area contributed by atoms with E-state index in [-0.39, 0.29) is 6.10 Å². The molecule has 2 rings (SSSR count). The smallest absolute Gasteiger partial charge is 0.331 e. The van der Waals surface area contributed by atoms with Gasteiger partial charge in [0, 0.05) is 6.08 Å². The molecule has 0 amide bonds. The van der Waals surface area contributed by atoms with Gasteiger partial charge in [-0.1, -0.05) is 36.4 Å². The molecule has 120 valence electrons. The average molecular weight is 312 g/mol. The van der Waals surface area contributed by atoms with Gasteiger partial charge in [-0.15, -0.1) is 0 Å². The van der Waals surface area contributed by atoms with Crippen molar-refractivity contribution in [1.82, 2.24) is 0 Å².